The maximum Gasteiger partial charge on any atom is 0.240 e. The van der Waals surface area contributed by atoms with Crippen LogP contribution in [0.25, 0.3) is 0 Å². The van der Waals surface area contributed by atoms with Crippen LogP contribution in [0.1, 0.15) is 24.0 Å². The van der Waals surface area contributed by atoms with Gasteiger partial charge in [-0.15, -0.1) is 0 Å². The maximum absolute atomic E-state index is 12.8. The Kier molecular flexibility index (Phi) is 5.48. The topological polar surface area (TPSA) is 103 Å². The van der Waals surface area contributed by atoms with Gasteiger partial charge < -0.3 is 19.5 Å². The molecule has 28 heavy (non-hydrogen) atoms. The number of methoxy groups -OCH3 is 3. The highest BCUT2D eigenvalue weighted by Gasteiger charge is 2.28. The van der Waals surface area contributed by atoms with E-state index in [2.05, 4.69) is 10.0 Å². The number of hydrogen-bond acceptors (Lipinski definition) is 6. The van der Waals surface area contributed by atoms with Crippen molar-refractivity contribution in [1.29, 1.82) is 0 Å². The van der Waals surface area contributed by atoms with Crippen molar-refractivity contribution in [3.05, 3.63) is 41.5 Å². The van der Waals surface area contributed by atoms with Crippen LogP contribution in [0.15, 0.2) is 35.2 Å². The molecule has 0 bridgehead atoms. The average Bonchev–Trinajstić information content (AvgIpc) is 2.99. The third kappa shape index (κ3) is 3.63. The molecule has 2 aromatic rings. The highest BCUT2D eigenvalue weighted by atomic mass is 32.2. The molecule has 2 aromatic carbocycles. The highest BCUT2D eigenvalue weighted by Crippen LogP contribution is 2.35. The molecule has 1 aliphatic heterocycles. The Bertz CT molecular complexity index is 1020. The van der Waals surface area contributed by atoms with E-state index in [9.17, 15) is 13.2 Å². The molecule has 0 fully saturated rings. The molecule has 0 aliphatic carbocycles. The molecule has 0 aromatic heterocycles. The van der Waals surface area contributed by atoms with Gasteiger partial charge in [-0.2, -0.15) is 0 Å². The molecule has 0 radical (unpaired) electrons. The van der Waals surface area contributed by atoms with E-state index in [1.807, 2.05) is 0 Å². The molecule has 150 valence electrons. The van der Waals surface area contributed by atoms with Gasteiger partial charge in [-0.1, -0.05) is 0 Å². The number of rotatable bonds is 7. The zero-order valence-electron chi connectivity index (χ0n) is 16.0. The maximum atomic E-state index is 12.8. The third-order valence-corrected chi connectivity index (χ3v) is 6.09. The zero-order valence-corrected chi connectivity index (χ0v) is 16.8. The zero-order chi connectivity index (χ0) is 20.5. The van der Waals surface area contributed by atoms with Crippen LogP contribution < -0.4 is 24.2 Å². The van der Waals surface area contributed by atoms with Gasteiger partial charge in [0.05, 0.1) is 32.1 Å². The van der Waals surface area contributed by atoms with E-state index in [0.717, 1.165) is 0 Å². The molecular formula is C19H22N2O6S. The van der Waals surface area contributed by atoms with Crippen LogP contribution >= 0.6 is 0 Å². The quantitative estimate of drug-likeness (QED) is 0.731. The highest BCUT2D eigenvalue weighted by molar-refractivity contribution is 7.89. The SMILES string of the molecule is COc1cc(OC)c(OC)cc1CNS(=O)(=O)c1ccc2c(c1)[C@@H](C)C(=O)N2. The van der Waals surface area contributed by atoms with E-state index in [1.54, 1.807) is 25.1 Å². The summed E-state index contributed by atoms with van der Waals surface area (Å²) in [5, 5.41) is 2.73. The van der Waals surface area contributed by atoms with Crippen LogP contribution in [-0.2, 0) is 21.4 Å². The van der Waals surface area contributed by atoms with E-state index in [0.29, 0.717) is 34.1 Å². The first kappa shape index (κ1) is 20.0. The molecule has 0 saturated carbocycles. The molecular weight excluding hydrogens is 384 g/mol. The number of nitrogens with one attached hydrogen (secondary N) is 2. The number of fused-ring (bicyclic) bond motifs is 1. The Hall–Kier alpha value is -2.78. The average molecular weight is 406 g/mol. The number of anilines is 1. The number of carbonyl (C=O) groups is 1. The Morgan fingerprint density at radius 3 is 2.29 bits per heavy atom. The fourth-order valence-electron chi connectivity index (χ4n) is 3.05. The molecule has 1 heterocycles. The summed E-state index contributed by atoms with van der Waals surface area (Å²) in [5.41, 5.74) is 1.89. The molecule has 1 aliphatic rings. The summed E-state index contributed by atoms with van der Waals surface area (Å²) in [6.45, 7) is 1.73. The van der Waals surface area contributed by atoms with Crippen LogP contribution in [0.3, 0.4) is 0 Å². The fourth-order valence-corrected chi connectivity index (χ4v) is 4.09. The molecule has 8 nitrogen and oxygen atoms in total. The van der Waals surface area contributed by atoms with Crippen LogP contribution in [0, 0.1) is 0 Å². The number of amides is 1. The second kappa shape index (κ2) is 7.69. The molecule has 3 rings (SSSR count). The summed E-state index contributed by atoms with van der Waals surface area (Å²) in [6.07, 6.45) is 0. The van der Waals surface area contributed by atoms with Gasteiger partial charge in [0.15, 0.2) is 11.5 Å². The van der Waals surface area contributed by atoms with Gasteiger partial charge in [0.1, 0.15) is 5.75 Å². The van der Waals surface area contributed by atoms with Crippen molar-refractivity contribution in [2.45, 2.75) is 24.3 Å². The summed E-state index contributed by atoms with van der Waals surface area (Å²) in [7, 11) is 0.701. The van der Waals surface area contributed by atoms with Gasteiger partial charge in [-0.25, -0.2) is 13.1 Å². The van der Waals surface area contributed by atoms with Crippen LogP contribution in [-0.4, -0.2) is 35.7 Å². The number of carbonyl (C=O) groups excluding carboxylic acids is 1. The lowest BCUT2D eigenvalue weighted by atomic mass is 10.0. The second-order valence-corrected chi connectivity index (χ2v) is 8.07. The lowest BCUT2D eigenvalue weighted by Gasteiger charge is -2.15. The summed E-state index contributed by atoms with van der Waals surface area (Å²) in [4.78, 5) is 11.9. The summed E-state index contributed by atoms with van der Waals surface area (Å²) >= 11 is 0. The van der Waals surface area contributed by atoms with E-state index in [-0.39, 0.29) is 17.3 Å². The smallest absolute Gasteiger partial charge is 0.240 e. The predicted molar refractivity (Wildman–Crippen MR) is 104 cm³/mol. The summed E-state index contributed by atoms with van der Waals surface area (Å²) in [5.74, 6) is 0.880. The number of benzene rings is 2. The number of ether oxygens (including phenoxy) is 3. The Morgan fingerprint density at radius 1 is 1.00 bits per heavy atom. The monoisotopic (exact) mass is 406 g/mol. The molecule has 1 amide bonds. The van der Waals surface area contributed by atoms with Gasteiger partial charge in [0.2, 0.25) is 15.9 Å². The summed E-state index contributed by atoms with van der Waals surface area (Å²) < 4.78 is 43.9. The van der Waals surface area contributed by atoms with Crippen LogP contribution in [0.5, 0.6) is 17.2 Å². The molecule has 0 unspecified atom stereocenters. The number of sulfonamides is 1. The standard InChI is InChI=1S/C19H22N2O6S/c1-11-14-8-13(5-6-15(14)21-19(11)22)28(23,24)20-10-12-7-17(26-3)18(27-4)9-16(12)25-2/h5-9,11,20H,10H2,1-4H3,(H,21,22)/t11-/m1/s1. The molecule has 9 heteroatoms. The van der Waals surface area contributed by atoms with Gasteiger partial charge in [0.25, 0.3) is 0 Å². The van der Waals surface area contributed by atoms with E-state index >= 15 is 0 Å². The normalized spacial score (nSPS) is 15.7. The first-order valence-corrected chi connectivity index (χ1v) is 10.0. The molecule has 2 N–H and O–H groups in total. The van der Waals surface area contributed by atoms with Crippen molar-refractivity contribution < 1.29 is 27.4 Å². The molecule has 0 saturated heterocycles. The van der Waals surface area contributed by atoms with Gasteiger partial charge in [-0.3, -0.25) is 4.79 Å². The Morgan fingerprint density at radius 2 is 1.64 bits per heavy atom. The second-order valence-electron chi connectivity index (χ2n) is 6.30. The van der Waals surface area contributed by atoms with E-state index in [1.165, 1.54) is 33.5 Å². The van der Waals surface area contributed by atoms with Crippen molar-refractivity contribution in [3.63, 3.8) is 0 Å². The van der Waals surface area contributed by atoms with Crippen LogP contribution in [0.2, 0.25) is 0 Å². The minimum atomic E-state index is -3.80. The lowest BCUT2D eigenvalue weighted by molar-refractivity contribution is -0.116. The largest absolute Gasteiger partial charge is 0.496 e. The number of hydrogen-bond donors (Lipinski definition) is 2. The minimum Gasteiger partial charge on any atom is -0.496 e. The Labute approximate surface area is 163 Å². The van der Waals surface area contributed by atoms with Crippen molar-refractivity contribution in [2.24, 2.45) is 0 Å². The lowest BCUT2D eigenvalue weighted by Crippen LogP contribution is -2.23. The minimum absolute atomic E-state index is 0.00429. The van der Waals surface area contributed by atoms with Crippen molar-refractivity contribution >= 4 is 21.6 Å². The predicted octanol–water partition coefficient (Wildman–Crippen LogP) is 2.25. The van der Waals surface area contributed by atoms with E-state index < -0.39 is 15.9 Å². The van der Waals surface area contributed by atoms with Gasteiger partial charge >= 0.3 is 0 Å². The Balaban J connectivity index is 1.86. The van der Waals surface area contributed by atoms with Crippen LogP contribution in [0.4, 0.5) is 5.69 Å². The first-order chi connectivity index (χ1) is 13.3. The first-order valence-electron chi connectivity index (χ1n) is 8.54. The van der Waals surface area contributed by atoms with Gasteiger partial charge in [0, 0.05) is 23.9 Å². The van der Waals surface area contributed by atoms with Crippen molar-refractivity contribution in [1.82, 2.24) is 4.72 Å². The molecule has 1 atom stereocenters. The van der Waals surface area contributed by atoms with Gasteiger partial charge in [-0.05, 0) is 36.8 Å². The summed E-state index contributed by atoms with van der Waals surface area (Å²) in [6, 6.07) is 7.88. The molecule has 0 spiro atoms. The van der Waals surface area contributed by atoms with E-state index in [4.69, 9.17) is 14.2 Å². The van der Waals surface area contributed by atoms with Crippen molar-refractivity contribution in [2.75, 3.05) is 26.6 Å². The fraction of sp³-hybridized carbons (Fsp3) is 0.316. The van der Waals surface area contributed by atoms with Crippen molar-refractivity contribution in [3.8, 4) is 17.2 Å². The third-order valence-electron chi connectivity index (χ3n) is 4.69.